The van der Waals surface area contributed by atoms with E-state index in [0.717, 1.165) is 0 Å². The summed E-state index contributed by atoms with van der Waals surface area (Å²) in [6.07, 6.45) is 0.978. The van der Waals surface area contributed by atoms with Gasteiger partial charge in [-0.3, -0.25) is 0 Å². The molecule has 3 N–H and O–H groups in total. The number of hydrogen-bond donors (Lipinski definition) is 3. The quantitative estimate of drug-likeness (QED) is 0.564. The molecule has 4 atom stereocenters. The molecule has 0 bridgehead atoms. The van der Waals surface area contributed by atoms with Crippen LogP contribution >= 0.6 is 0 Å². The topological polar surface area (TPSA) is 73.8 Å². The van der Waals surface area contributed by atoms with Crippen molar-refractivity contribution in [3.63, 3.8) is 0 Å². The molecule has 0 aromatic carbocycles. The van der Waals surface area contributed by atoms with Crippen LogP contribution in [0.25, 0.3) is 0 Å². The van der Waals surface area contributed by atoms with Crippen LogP contribution in [0.4, 0.5) is 0 Å². The lowest BCUT2D eigenvalue weighted by atomic mass is 10.0. The Kier molecular flexibility index (Phi) is 3.50. The molecule has 0 unspecified atom stereocenters. The van der Waals surface area contributed by atoms with Gasteiger partial charge < -0.3 is 20.1 Å². The van der Waals surface area contributed by atoms with Gasteiger partial charge in [-0.25, -0.2) is 0 Å². The van der Waals surface area contributed by atoms with Crippen molar-refractivity contribution in [2.24, 2.45) is 0 Å². The van der Waals surface area contributed by atoms with Crippen LogP contribution in [-0.2, 0) is 4.74 Å². The number of pyridine rings is 1. The Labute approximate surface area is 93.5 Å². The predicted molar refractivity (Wildman–Crippen MR) is 54.3 cm³/mol. The van der Waals surface area contributed by atoms with Gasteiger partial charge in [-0.1, -0.05) is 6.07 Å². The molecule has 1 aliphatic rings. The van der Waals surface area contributed by atoms with Crippen molar-refractivity contribution in [3.05, 3.63) is 30.6 Å². The molecule has 5 heteroatoms. The molecule has 1 aromatic rings. The van der Waals surface area contributed by atoms with Gasteiger partial charge >= 0.3 is 0 Å². The lowest BCUT2D eigenvalue weighted by molar-refractivity contribution is -0.770. The summed E-state index contributed by atoms with van der Waals surface area (Å²) in [6.45, 7) is -0.303. The summed E-state index contributed by atoms with van der Waals surface area (Å²) in [5.41, 5.74) is 0. The third-order valence-electron chi connectivity index (χ3n) is 2.80. The standard InChI is InChI=1S/C11H16NO4/c13-7-9-11(15)8(14)6-10(16-9)12-4-2-1-3-5-12/h1-5,8-11,13-15H,6-7H2/q+1/t8-,9-,10-,11+/m1/s1. The van der Waals surface area contributed by atoms with Crippen LogP contribution in [-0.4, -0.2) is 40.2 Å². The van der Waals surface area contributed by atoms with E-state index in [1.54, 1.807) is 4.57 Å². The molecule has 0 saturated carbocycles. The molecule has 1 fully saturated rings. The van der Waals surface area contributed by atoms with Gasteiger partial charge in [0.2, 0.25) is 0 Å². The monoisotopic (exact) mass is 226 g/mol. The first-order valence-corrected chi connectivity index (χ1v) is 5.30. The molecular weight excluding hydrogens is 210 g/mol. The lowest BCUT2D eigenvalue weighted by Gasteiger charge is -2.33. The average molecular weight is 226 g/mol. The lowest BCUT2D eigenvalue weighted by Crippen LogP contribution is -2.54. The molecule has 1 aromatic heterocycles. The van der Waals surface area contributed by atoms with Crippen LogP contribution in [0.1, 0.15) is 12.6 Å². The van der Waals surface area contributed by atoms with Gasteiger partial charge in [0.05, 0.1) is 19.1 Å². The maximum Gasteiger partial charge on any atom is 0.265 e. The van der Waals surface area contributed by atoms with E-state index in [1.165, 1.54) is 0 Å². The largest absolute Gasteiger partial charge is 0.394 e. The number of ether oxygens (including phenoxy) is 1. The van der Waals surface area contributed by atoms with Crippen LogP contribution < -0.4 is 4.57 Å². The van der Waals surface area contributed by atoms with Crippen molar-refractivity contribution in [3.8, 4) is 0 Å². The highest BCUT2D eigenvalue weighted by Crippen LogP contribution is 2.23. The van der Waals surface area contributed by atoms with Crippen molar-refractivity contribution in [2.75, 3.05) is 6.61 Å². The van der Waals surface area contributed by atoms with Gasteiger partial charge in [-0.15, -0.1) is 0 Å². The Morgan fingerprint density at radius 1 is 1.19 bits per heavy atom. The molecule has 0 spiro atoms. The van der Waals surface area contributed by atoms with Gasteiger partial charge in [0.25, 0.3) is 6.23 Å². The summed E-state index contributed by atoms with van der Waals surface area (Å²) in [4.78, 5) is 0. The van der Waals surface area contributed by atoms with Gasteiger partial charge in [0, 0.05) is 12.1 Å². The Balaban J connectivity index is 2.13. The van der Waals surface area contributed by atoms with Gasteiger partial charge in [0.15, 0.2) is 12.4 Å². The third-order valence-corrected chi connectivity index (χ3v) is 2.80. The van der Waals surface area contributed by atoms with Crippen molar-refractivity contribution >= 4 is 0 Å². The Bertz CT molecular complexity index is 332. The smallest absolute Gasteiger partial charge is 0.265 e. The van der Waals surface area contributed by atoms with E-state index in [-0.39, 0.29) is 12.8 Å². The Morgan fingerprint density at radius 2 is 1.88 bits per heavy atom. The minimum atomic E-state index is -1.02. The fourth-order valence-electron chi connectivity index (χ4n) is 1.88. The first-order chi connectivity index (χ1) is 7.72. The highest BCUT2D eigenvalue weighted by atomic mass is 16.5. The summed E-state index contributed by atoms with van der Waals surface area (Å²) in [5.74, 6) is 0. The number of rotatable bonds is 2. The van der Waals surface area contributed by atoms with E-state index in [4.69, 9.17) is 9.84 Å². The number of nitrogens with zero attached hydrogens (tertiary/aromatic N) is 1. The first-order valence-electron chi connectivity index (χ1n) is 5.30. The molecule has 0 aliphatic carbocycles. The van der Waals surface area contributed by atoms with Gasteiger partial charge in [0.1, 0.15) is 12.2 Å². The summed E-state index contributed by atoms with van der Waals surface area (Å²) in [5, 5.41) is 28.3. The van der Waals surface area contributed by atoms with Crippen molar-refractivity contribution < 1.29 is 24.6 Å². The van der Waals surface area contributed by atoms with Crippen LogP contribution in [0, 0.1) is 0 Å². The fourth-order valence-corrected chi connectivity index (χ4v) is 1.88. The van der Waals surface area contributed by atoms with E-state index in [0.29, 0.717) is 6.42 Å². The molecule has 16 heavy (non-hydrogen) atoms. The zero-order valence-corrected chi connectivity index (χ0v) is 8.81. The second-order valence-electron chi connectivity index (χ2n) is 3.93. The van der Waals surface area contributed by atoms with E-state index in [2.05, 4.69) is 0 Å². The number of hydrogen-bond acceptors (Lipinski definition) is 4. The molecule has 0 radical (unpaired) electrons. The summed E-state index contributed by atoms with van der Waals surface area (Å²) in [6, 6.07) is 5.59. The van der Waals surface area contributed by atoms with E-state index in [9.17, 15) is 10.2 Å². The average Bonchev–Trinajstić information content (AvgIpc) is 2.33. The predicted octanol–water partition coefficient (Wildman–Crippen LogP) is -1.02. The normalized spacial score (nSPS) is 34.9. The van der Waals surface area contributed by atoms with Crippen LogP contribution in [0.15, 0.2) is 30.6 Å². The molecule has 1 aliphatic heterocycles. The third kappa shape index (κ3) is 2.22. The van der Waals surface area contributed by atoms with E-state index in [1.807, 2.05) is 30.6 Å². The van der Waals surface area contributed by atoms with Crippen molar-refractivity contribution in [2.45, 2.75) is 31.0 Å². The number of aliphatic hydroxyl groups excluding tert-OH is 3. The highest BCUT2D eigenvalue weighted by molar-refractivity contribution is 4.85. The molecule has 2 rings (SSSR count). The minimum absolute atomic E-state index is 0.303. The van der Waals surface area contributed by atoms with Crippen molar-refractivity contribution in [1.29, 1.82) is 0 Å². The Morgan fingerprint density at radius 3 is 2.50 bits per heavy atom. The molecule has 0 amide bonds. The molecule has 1 saturated heterocycles. The maximum absolute atomic E-state index is 9.66. The van der Waals surface area contributed by atoms with Crippen LogP contribution in [0.2, 0.25) is 0 Å². The molecule has 5 nitrogen and oxygen atoms in total. The summed E-state index contributed by atoms with van der Waals surface area (Å²) in [7, 11) is 0. The van der Waals surface area contributed by atoms with E-state index >= 15 is 0 Å². The van der Waals surface area contributed by atoms with E-state index < -0.39 is 18.3 Å². The number of aliphatic hydroxyl groups is 3. The second-order valence-corrected chi connectivity index (χ2v) is 3.93. The second kappa shape index (κ2) is 4.88. The van der Waals surface area contributed by atoms with Crippen molar-refractivity contribution in [1.82, 2.24) is 0 Å². The SMILES string of the molecule is OC[C@H]1O[C@@H]([n+]2ccccc2)C[C@@H](O)[C@@H]1O. The zero-order valence-electron chi connectivity index (χ0n) is 8.81. The fraction of sp³-hybridized carbons (Fsp3) is 0.545. The number of aromatic nitrogens is 1. The summed E-state index contributed by atoms with van der Waals surface area (Å²) >= 11 is 0. The maximum atomic E-state index is 9.66. The molecule has 2 heterocycles. The van der Waals surface area contributed by atoms with Crippen LogP contribution in [0.5, 0.6) is 0 Å². The van der Waals surface area contributed by atoms with Gasteiger partial charge in [-0.05, 0) is 0 Å². The highest BCUT2D eigenvalue weighted by Gasteiger charge is 2.40. The van der Waals surface area contributed by atoms with Gasteiger partial charge in [-0.2, -0.15) is 4.57 Å². The summed E-state index contributed by atoms with van der Waals surface area (Å²) < 4.78 is 7.31. The molecule has 88 valence electrons. The first kappa shape index (κ1) is 11.5. The minimum Gasteiger partial charge on any atom is -0.394 e. The Hall–Kier alpha value is -1.01. The van der Waals surface area contributed by atoms with Crippen LogP contribution in [0.3, 0.4) is 0 Å². The molecular formula is C11H16NO4+. The zero-order chi connectivity index (χ0) is 11.5.